The summed E-state index contributed by atoms with van der Waals surface area (Å²) in [7, 11) is 0. The molecule has 5 aromatic heterocycles. The van der Waals surface area contributed by atoms with E-state index in [1.54, 1.807) is 17.5 Å². The monoisotopic (exact) mass is 462 g/mol. The quantitative estimate of drug-likeness (QED) is 0.244. The van der Waals surface area contributed by atoms with E-state index in [1.807, 2.05) is 24.4 Å². The predicted octanol–water partition coefficient (Wildman–Crippen LogP) is 7.23. The maximum atomic E-state index is 4.96. The Morgan fingerprint density at radius 1 is 1.06 bits per heavy atom. The number of hydrogen-bond acceptors (Lipinski definition) is 5. The van der Waals surface area contributed by atoms with E-state index < -0.39 is 0 Å². The largest absolute Gasteiger partial charge is 0.358 e. The van der Waals surface area contributed by atoms with Gasteiger partial charge < -0.3 is 10.3 Å². The van der Waals surface area contributed by atoms with Gasteiger partial charge in [-0.25, -0.2) is 4.98 Å². The Bertz CT molecular complexity index is 1640. The molecule has 166 valence electrons. The Morgan fingerprint density at radius 2 is 2.00 bits per heavy atom. The highest BCUT2D eigenvalue weighted by Crippen LogP contribution is 2.35. The molecule has 0 fully saturated rings. The summed E-state index contributed by atoms with van der Waals surface area (Å²) in [5.74, 6) is 0. The molecule has 3 N–H and O–H groups in total. The van der Waals surface area contributed by atoms with Gasteiger partial charge in [0.2, 0.25) is 0 Å². The van der Waals surface area contributed by atoms with E-state index in [1.165, 1.54) is 15.8 Å². The molecule has 0 radical (unpaired) electrons. The van der Waals surface area contributed by atoms with Gasteiger partial charge in [0.05, 0.1) is 28.8 Å². The van der Waals surface area contributed by atoms with Gasteiger partial charge in [-0.2, -0.15) is 5.10 Å². The van der Waals surface area contributed by atoms with Crippen molar-refractivity contribution in [3.8, 4) is 33.1 Å². The number of pyridine rings is 2. The zero-order chi connectivity index (χ0) is 23.1. The van der Waals surface area contributed by atoms with Gasteiger partial charge in [0.25, 0.3) is 0 Å². The lowest BCUT2D eigenvalue weighted by atomic mass is 10.1. The number of anilines is 1. The number of H-pyrrole nitrogens is 2. The Hall–Kier alpha value is -4.23. The Kier molecular flexibility index (Phi) is 4.96. The van der Waals surface area contributed by atoms with Gasteiger partial charge in [-0.15, -0.1) is 11.3 Å². The van der Waals surface area contributed by atoms with E-state index in [2.05, 4.69) is 80.8 Å². The van der Waals surface area contributed by atoms with Crippen LogP contribution in [0.3, 0.4) is 0 Å². The summed E-state index contributed by atoms with van der Waals surface area (Å²) in [5.41, 5.74) is 9.34. The molecule has 0 saturated carbocycles. The summed E-state index contributed by atoms with van der Waals surface area (Å²) in [5, 5.41) is 14.3. The molecule has 0 bridgehead atoms. The van der Waals surface area contributed by atoms with E-state index in [9.17, 15) is 0 Å². The Labute approximate surface area is 200 Å². The van der Waals surface area contributed by atoms with Crippen molar-refractivity contribution < 1.29 is 0 Å². The van der Waals surface area contributed by atoms with Gasteiger partial charge in [-0.1, -0.05) is 31.7 Å². The minimum atomic E-state index is 0.798. The number of thiophene rings is 1. The van der Waals surface area contributed by atoms with Crippen LogP contribution < -0.4 is 5.32 Å². The predicted molar refractivity (Wildman–Crippen MR) is 141 cm³/mol. The highest BCUT2D eigenvalue weighted by atomic mass is 32.1. The summed E-state index contributed by atoms with van der Waals surface area (Å²) in [6, 6.07) is 18.8. The number of hydrogen-bond donors (Lipinski definition) is 3. The fraction of sp³-hybridized carbons (Fsp3) is 0.0741. The number of aromatic nitrogens is 5. The van der Waals surface area contributed by atoms with Crippen LogP contribution in [0, 0.1) is 0 Å². The summed E-state index contributed by atoms with van der Waals surface area (Å²) in [6.45, 7) is 6.09. The molecule has 34 heavy (non-hydrogen) atoms. The van der Waals surface area contributed by atoms with Gasteiger partial charge in [0.1, 0.15) is 11.2 Å². The second-order valence-electron chi connectivity index (χ2n) is 8.14. The second kappa shape index (κ2) is 8.28. The average molecular weight is 463 g/mol. The lowest BCUT2D eigenvalue weighted by Crippen LogP contribution is -1.97. The normalized spacial score (nSPS) is 11.3. The molecule has 0 unspecified atom stereocenters. The van der Waals surface area contributed by atoms with Gasteiger partial charge >= 0.3 is 0 Å². The summed E-state index contributed by atoms with van der Waals surface area (Å²) in [6.07, 6.45) is 4.47. The topological polar surface area (TPSA) is 82.3 Å². The first-order chi connectivity index (χ1) is 16.7. The molecular weight excluding hydrogens is 440 g/mol. The van der Waals surface area contributed by atoms with E-state index in [-0.39, 0.29) is 0 Å². The fourth-order valence-electron chi connectivity index (χ4n) is 4.12. The standard InChI is InChI=1S/C27H22N6S/c1-3-16(2)29-18-12-17(14-28-15-18)21-9-10-23-26(31-21)27(33-32-23)24-13-20-19(25-8-5-11-34-25)6-4-7-22(20)30-24/h4-15,29-30H,2-3H2,1H3,(H,32,33). The lowest BCUT2D eigenvalue weighted by Gasteiger charge is -2.08. The van der Waals surface area contributed by atoms with Crippen LogP contribution in [0.5, 0.6) is 0 Å². The zero-order valence-corrected chi connectivity index (χ0v) is 19.4. The third kappa shape index (κ3) is 3.56. The number of allylic oxidation sites excluding steroid dienone is 1. The number of nitrogens with one attached hydrogen (secondary N) is 3. The minimum Gasteiger partial charge on any atom is -0.358 e. The molecule has 0 aliphatic heterocycles. The number of benzene rings is 1. The second-order valence-corrected chi connectivity index (χ2v) is 9.08. The molecule has 7 heteroatoms. The third-order valence-corrected chi connectivity index (χ3v) is 6.80. The first-order valence-electron chi connectivity index (χ1n) is 11.1. The summed E-state index contributed by atoms with van der Waals surface area (Å²) < 4.78 is 0. The highest BCUT2D eigenvalue weighted by molar-refractivity contribution is 7.13. The molecule has 0 saturated heterocycles. The molecule has 6 rings (SSSR count). The maximum absolute atomic E-state index is 4.96. The first-order valence-corrected chi connectivity index (χ1v) is 12.0. The molecule has 0 amide bonds. The third-order valence-electron chi connectivity index (χ3n) is 5.90. The fourth-order valence-corrected chi connectivity index (χ4v) is 4.88. The van der Waals surface area contributed by atoms with Crippen molar-refractivity contribution in [2.75, 3.05) is 5.32 Å². The first kappa shape index (κ1) is 20.4. The number of nitrogens with zero attached hydrogens (tertiary/aromatic N) is 3. The van der Waals surface area contributed by atoms with Gasteiger partial charge in [0.15, 0.2) is 0 Å². The van der Waals surface area contributed by atoms with Crippen molar-refractivity contribution in [2.45, 2.75) is 13.3 Å². The van der Waals surface area contributed by atoms with Gasteiger partial charge in [0, 0.05) is 38.8 Å². The molecule has 1 aromatic carbocycles. The van der Waals surface area contributed by atoms with Crippen LogP contribution in [0.25, 0.3) is 55.0 Å². The smallest absolute Gasteiger partial charge is 0.135 e. The van der Waals surface area contributed by atoms with Crippen LogP contribution in [0.1, 0.15) is 13.3 Å². The summed E-state index contributed by atoms with van der Waals surface area (Å²) in [4.78, 5) is 14.1. The van der Waals surface area contributed by atoms with Crippen LogP contribution in [0.15, 0.2) is 84.6 Å². The van der Waals surface area contributed by atoms with Crippen LogP contribution in [0.2, 0.25) is 0 Å². The molecule has 6 nitrogen and oxygen atoms in total. The van der Waals surface area contributed by atoms with Crippen molar-refractivity contribution in [1.29, 1.82) is 0 Å². The molecule has 0 atom stereocenters. The van der Waals surface area contributed by atoms with Crippen molar-refractivity contribution in [2.24, 2.45) is 0 Å². The minimum absolute atomic E-state index is 0.798. The van der Waals surface area contributed by atoms with Crippen molar-refractivity contribution in [3.63, 3.8) is 0 Å². The van der Waals surface area contributed by atoms with Crippen LogP contribution in [-0.4, -0.2) is 25.1 Å². The van der Waals surface area contributed by atoms with Crippen LogP contribution in [0.4, 0.5) is 5.69 Å². The highest BCUT2D eigenvalue weighted by Gasteiger charge is 2.16. The van der Waals surface area contributed by atoms with Gasteiger partial charge in [-0.3, -0.25) is 10.1 Å². The Morgan fingerprint density at radius 3 is 2.85 bits per heavy atom. The zero-order valence-electron chi connectivity index (χ0n) is 18.6. The molecule has 6 aromatic rings. The van der Waals surface area contributed by atoms with Crippen molar-refractivity contribution in [3.05, 3.63) is 84.6 Å². The van der Waals surface area contributed by atoms with Crippen molar-refractivity contribution >= 4 is 39.0 Å². The van der Waals surface area contributed by atoms with Crippen LogP contribution in [-0.2, 0) is 0 Å². The number of rotatable bonds is 6. The van der Waals surface area contributed by atoms with E-state index >= 15 is 0 Å². The van der Waals surface area contributed by atoms with E-state index in [0.29, 0.717) is 0 Å². The molecule has 0 aliphatic carbocycles. The lowest BCUT2D eigenvalue weighted by molar-refractivity contribution is 1.11. The number of aromatic amines is 2. The van der Waals surface area contributed by atoms with Crippen LogP contribution >= 0.6 is 11.3 Å². The van der Waals surface area contributed by atoms with Crippen molar-refractivity contribution in [1.82, 2.24) is 25.1 Å². The van der Waals surface area contributed by atoms with E-state index in [0.717, 1.165) is 57.0 Å². The van der Waals surface area contributed by atoms with Gasteiger partial charge in [-0.05, 0) is 48.2 Å². The average Bonchev–Trinajstić information content (AvgIpc) is 3.62. The molecule has 0 aliphatic rings. The maximum Gasteiger partial charge on any atom is 0.135 e. The SMILES string of the molecule is C=C(CC)Nc1cncc(-c2ccc3[nH]nc(-c4cc5c(-c6cccs6)cccc5[nH]4)c3n2)c1. The summed E-state index contributed by atoms with van der Waals surface area (Å²) >= 11 is 1.74. The Balaban J connectivity index is 1.43. The number of fused-ring (bicyclic) bond motifs is 2. The van der Waals surface area contributed by atoms with E-state index in [4.69, 9.17) is 4.98 Å². The molecular formula is C27H22N6S. The molecule has 0 spiro atoms. The molecule has 5 heterocycles.